The molecular weight excluding hydrogens is 560 g/mol. The van der Waals surface area contributed by atoms with Crippen LogP contribution in [0.25, 0.3) is 22.3 Å². The topological polar surface area (TPSA) is 90.3 Å². The van der Waals surface area contributed by atoms with Gasteiger partial charge in [-0.2, -0.15) is 0 Å². The summed E-state index contributed by atoms with van der Waals surface area (Å²) in [5, 5.41) is 23.2. The fourth-order valence-corrected chi connectivity index (χ4v) is 8.06. The maximum atomic E-state index is 16.6. The lowest BCUT2D eigenvalue weighted by Gasteiger charge is -2.46. The number of nitrogens with zero attached hydrogens (tertiary/aromatic N) is 6. The van der Waals surface area contributed by atoms with E-state index in [0.29, 0.717) is 41.3 Å². The lowest BCUT2D eigenvalue weighted by Crippen LogP contribution is -2.61. The number of hydrogen-bond acceptors (Lipinski definition) is 8. The Bertz CT molecular complexity index is 1670. The second-order valence-electron chi connectivity index (χ2n) is 12.8. The molecule has 1 aliphatic carbocycles. The molecule has 11 heteroatoms. The zero-order valence-electron chi connectivity index (χ0n) is 23.4. The number of piperazine rings is 1. The summed E-state index contributed by atoms with van der Waals surface area (Å²) < 4.78 is 31.1. The van der Waals surface area contributed by atoms with E-state index in [-0.39, 0.29) is 40.3 Å². The molecule has 5 saturated heterocycles. The minimum absolute atomic E-state index is 0.00332. The Morgan fingerprint density at radius 3 is 2.76 bits per heavy atom. The molecule has 9 rings (SSSR count). The average molecular weight is 592 g/mol. The fraction of sp³-hybridized carbons (Fsp3) is 0.548. The van der Waals surface area contributed by atoms with E-state index < -0.39 is 17.5 Å². The molecule has 8 nitrogen and oxygen atoms in total. The molecule has 3 aromatic rings. The molecule has 0 unspecified atom stereocenters. The summed E-state index contributed by atoms with van der Waals surface area (Å²) >= 11 is 6.58. The molecule has 0 radical (unpaired) electrons. The summed E-state index contributed by atoms with van der Waals surface area (Å²) in [5.74, 6) is 7.02. The molecule has 2 N–H and O–H groups in total. The molecule has 6 fully saturated rings. The number of rotatable bonds is 3. The van der Waals surface area contributed by atoms with Crippen LogP contribution < -0.4 is 10.2 Å². The van der Waals surface area contributed by atoms with Crippen LogP contribution in [0.1, 0.15) is 62.8 Å². The number of fused-ring (bicyclic) bond motifs is 5. The van der Waals surface area contributed by atoms with Gasteiger partial charge >= 0.3 is 0 Å². The van der Waals surface area contributed by atoms with Crippen molar-refractivity contribution < 1.29 is 13.9 Å². The van der Waals surface area contributed by atoms with E-state index in [9.17, 15) is 9.50 Å². The maximum absolute atomic E-state index is 16.6. The molecule has 5 aliphatic heterocycles. The molecule has 7 heterocycles. The van der Waals surface area contributed by atoms with Crippen molar-refractivity contribution in [1.82, 2.24) is 30.4 Å². The van der Waals surface area contributed by atoms with Crippen LogP contribution >= 0.6 is 11.6 Å². The SMILES string of the molecule is C[C@@H]1C[C@H]1c1c(Cl)cc(O)cc1-c1nnc2c(N3C[C@H]4CC[C@@H]3CN4)nc(C#C[C@@]34CCCN3C[C@H](F)C4)nc2c1F. The molecule has 6 aliphatic rings. The average Bonchev–Trinajstić information content (AvgIpc) is 3.42. The molecule has 0 spiro atoms. The number of aromatic nitrogens is 4. The number of alkyl halides is 1. The largest absolute Gasteiger partial charge is 0.508 e. The maximum Gasteiger partial charge on any atom is 0.207 e. The van der Waals surface area contributed by atoms with Gasteiger partial charge < -0.3 is 15.3 Å². The van der Waals surface area contributed by atoms with Crippen molar-refractivity contribution in [3.05, 3.63) is 34.4 Å². The number of nitrogens with one attached hydrogen (secondary N) is 1. The van der Waals surface area contributed by atoms with E-state index in [4.69, 9.17) is 16.6 Å². The molecule has 42 heavy (non-hydrogen) atoms. The first kappa shape index (κ1) is 26.5. The molecule has 1 saturated carbocycles. The van der Waals surface area contributed by atoms with Crippen LogP contribution in [-0.2, 0) is 0 Å². The minimum atomic E-state index is -0.906. The van der Waals surface area contributed by atoms with Gasteiger partial charge in [-0.25, -0.2) is 18.7 Å². The molecular formula is C31H32ClF2N7O. The van der Waals surface area contributed by atoms with Crippen LogP contribution in [0.15, 0.2) is 12.1 Å². The highest BCUT2D eigenvalue weighted by Crippen LogP contribution is 2.53. The van der Waals surface area contributed by atoms with Gasteiger partial charge in [-0.05, 0) is 74.1 Å². The predicted octanol–water partition coefficient (Wildman–Crippen LogP) is 4.58. The second-order valence-corrected chi connectivity index (χ2v) is 13.2. The van der Waals surface area contributed by atoms with Crippen LogP contribution in [0.5, 0.6) is 5.75 Å². The Balaban J connectivity index is 1.30. The van der Waals surface area contributed by atoms with Gasteiger partial charge in [0, 0.05) is 48.7 Å². The van der Waals surface area contributed by atoms with E-state index in [0.717, 1.165) is 57.3 Å². The number of hydrogen-bond donors (Lipinski definition) is 2. The number of benzene rings is 1. The third kappa shape index (κ3) is 4.23. The van der Waals surface area contributed by atoms with E-state index in [1.807, 2.05) is 0 Å². The van der Waals surface area contributed by atoms with Crippen molar-refractivity contribution in [3.63, 3.8) is 0 Å². The number of halogens is 3. The summed E-state index contributed by atoms with van der Waals surface area (Å²) in [6.07, 6.45) is 4.23. The van der Waals surface area contributed by atoms with Gasteiger partial charge in [-0.15, -0.1) is 10.2 Å². The predicted molar refractivity (Wildman–Crippen MR) is 156 cm³/mol. The van der Waals surface area contributed by atoms with E-state index in [1.165, 1.54) is 12.1 Å². The monoisotopic (exact) mass is 591 g/mol. The summed E-state index contributed by atoms with van der Waals surface area (Å²) in [5.41, 5.74) is 0.985. The van der Waals surface area contributed by atoms with Crippen molar-refractivity contribution >= 4 is 28.5 Å². The van der Waals surface area contributed by atoms with Gasteiger partial charge in [0.1, 0.15) is 23.1 Å². The normalized spacial score (nSPS) is 31.8. The Morgan fingerprint density at radius 2 is 2.02 bits per heavy atom. The van der Waals surface area contributed by atoms with Crippen molar-refractivity contribution in [2.24, 2.45) is 5.92 Å². The summed E-state index contributed by atoms with van der Waals surface area (Å²) in [7, 11) is 0. The van der Waals surface area contributed by atoms with Gasteiger partial charge in [-0.3, -0.25) is 4.90 Å². The van der Waals surface area contributed by atoms with Crippen molar-refractivity contribution in [2.75, 3.05) is 31.1 Å². The van der Waals surface area contributed by atoms with Crippen LogP contribution in [0.2, 0.25) is 5.02 Å². The van der Waals surface area contributed by atoms with Crippen LogP contribution in [0, 0.1) is 23.6 Å². The first-order valence-electron chi connectivity index (χ1n) is 15.0. The van der Waals surface area contributed by atoms with Crippen LogP contribution in [0.4, 0.5) is 14.6 Å². The van der Waals surface area contributed by atoms with E-state index >= 15 is 4.39 Å². The quantitative estimate of drug-likeness (QED) is 0.428. The smallest absolute Gasteiger partial charge is 0.207 e. The molecule has 2 bridgehead atoms. The minimum Gasteiger partial charge on any atom is -0.508 e. The molecule has 2 aromatic heterocycles. The highest BCUT2D eigenvalue weighted by molar-refractivity contribution is 6.32. The molecule has 6 atom stereocenters. The standard InChI is InChI=1S/C31H32ClF2N7O/c1-16-9-21(16)25-22(10-20(42)11-23(25)32)27-26(34)28-29(39-38-27)30(41-15-18-3-4-19(41)13-35-18)37-24(36-28)5-7-31-6-2-8-40(31)14-17(33)12-31/h10-11,16-19,21,35,42H,2-4,6,8-9,12-15H2,1H3/t16-,17-,18-,19-,21-,31-/m1/s1. The molecule has 1 aromatic carbocycles. The summed E-state index contributed by atoms with van der Waals surface area (Å²) in [6.45, 7) is 4.87. The third-order valence-electron chi connectivity index (χ3n) is 10.0. The van der Waals surface area contributed by atoms with Gasteiger partial charge in [-0.1, -0.05) is 24.4 Å². The van der Waals surface area contributed by atoms with Crippen molar-refractivity contribution in [1.29, 1.82) is 0 Å². The second kappa shape index (κ2) is 9.69. The highest BCUT2D eigenvalue weighted by atomic mass is 35.5. The van der Waals surface area contributed by atoms with Gasteiger partial charge in [0.05, 0.1) is 5.54 Å². The van der Waals surface area contributed by atoms with Crippen LogP contribution in [-0.4, -0.2) is 80.1 Å². The summed E-state index contributed by atoms with van der Waals surface area (Å²) in [6, 6.07) is 3.50. The van der Waals surface area contributed by atoms with Crippen molar-refractivity contribution in [3.8, 4) is 28.8 Å². The summed E-state index contributed by atoms with van der Waals surface area (Å²) in [4.78, 5) is 13.8. The number of aromatic hydroxyl groups is 1. The number of anilines is 1. The lowest BCUT2D eigenvalue weighted by molar-refractivity contribution is 0.255. The Morgan fingerprint density at radius 1 is 1.17 bits per heavy atom. The van der Waals surface area contributed by atoms with Crippen molar-refractivity contribution in [2.45, 2.75) is 75.2 Å². The van der Waals surface area contributed by atoms with Crippen LogP contribution in [0.3, 0.4) is 0 Å². The van der Waals surface area contributed by atoms with Gasteiger partial charge in [0.25, 0.3) is 0 Å². The van der Waals surface area contributed by atoms with E-state index in [2.05, 4.69) is 49.1 Å². The number of phenols is 1. The molecule has 0 amide bonds. The number of phenolic OH excluding ortho intramolecular Hbond substituents is 1. The Labute approximate surface area is 247 Å². The Kier molecular flexibility index (Phi) is 6.12. The Hall–Kier alpha value is -3.13. The number of piperidine rings is 2. The zero-order valence-corrected chi connectivity index (χ0v) is 24.1. The zero-order chi connectivity index (χ0) is 28.7. The lowest BCUT2D eigenvalue weighted by atomic mass is 9.93. The van der Waals surface area contributed by atoms with Gasteiger partial charge in [0.2, 0.25) is 5.82 Å². The highest BCUT2D eigenvalue weighted by Gasteiger charge is 2.48. The molecule has 218 valence electrons. The fourth-order valence-electron chi connectivity index (χ4n) is 7.71. The third-order valence-corrected chi connectivity index (χ3v) is 10.3. The first-order chi connectivity index (χ1) is 20.3. The first-order valence-corrected chi connectivity index (χ1v) is 15.4. The van der Waals surface area contributed by atoms with Gasteiger partial charge in [0.15, 0.2) is 17.2 Å². The van der Waals surface area contributed by atoms with E-state index in [1.54, 1.807) is 0 Å².